The predicted molar refractivity (Wildman–Crippen MR) is 157 cm³/mol. The summed E-state index contributed by atoms with van der Waals surface area (Å²) in [7, 11) is 3.71. The second-order valence-corrected chi connectivity index (χ2v) is 11.6. The minimum absolute atomic E-state index is 0.0171. The first-order chi connectivity index (χ1) is 18.7. The standard InChI is InChI=1S/C32H40FN3O4/c1-19-14-23(33)15-20(2)31(19)40-29-13-8-22(32(4,5)39)16-26(29)27-18-35(6)30(38)17-28(27)36(7)25-11-9-24(10-12-25)34-21(3)37/h8,13-18,24-25,39H,9-12H2,1-7H3,(H,34,37)/t24-,25-. The summed E-state index contributed by atoms with van der Waals surface area (Å²) in [4.78, 5) is 26.6. The molecule has 1 aliphatic carbocycles. The number of halogens is 1. The van der Waals surface area contributed by atoms with Gasteiger partial charge in [-0.1, -0.05) is 6.07 Å². The van der Waals surface area contributed by atoms with E-state index in [0.717, 1.165) is 36.9 Å². The number of hydrogen-bond acceptors (Lipinski definition) is 5. The van der Waals surface area contributed by atoms with E-state index in [1.807, 2.05) is 25.2 Å². The largest absolute Gasteiger partial charge is 0.456 e. The molecule has 8 heteroatoms. The Labute approximate surface area is 235 Å². The van der Waals surface area contributed by atoms with Crippen LogP contribution < -0.4 is 20.5 Å². The molecule has 0 bridgehead atoms. The van der Waals surface area contributed by atoms with Gasteiger partial charge in [0.05, 0.1) is 11.3 Å². The molecule has 2 aromatic carbocycles. The first-order valence-electron chi connectivity index (χ1n) is 13.8. The SMILES string of the molecule is CC(=O)N[C@H]1CC[C@H](N(C)c2cc(=O)n(C)cc2-c2cc(C(C)(C)O)ccc2Oc2c(C)cc(F)cc2C)CC1. The lowest BCUT2D eigenvalue weighted by Crippen LogP contribution is -2.42. The van der Waals surface area contributed by atoms with E-state index >= 15 is 0 Å². The molecule has 1 heterocycles. The number of nitrogens with one attached hydrogen (secondary N) is 1. The third kappa shape index (κ3) is 6.39. The molecule has 0 aliphatic heterocycles. The van der Waals surface area contributed by atoms with Gasteiger partial charge in [0, 0.05) is 56.5 Å². The zero-order chi connectivity index (χ0) is 29.4. The normalized spacial score (nSPS) is 17.4. The topological polar surface area (TPSA) is 83.8 Å². The smallest absolute Gasteiger partial charge is 0.252 e. The Bertz CT molecular complexity index is 1440. The maximum absolute atomic E-state index is 14.0. The van der Waals surface area contributed by atoms with Crippen LogP contribution in [0.25, 0.3) is 11.1 Å². The zero-order valence-corrected chi connectivity index (χ0v) is 24.5. The van der Waals surface area contributed by atoms with Crippen molar-refractivity contribution < 1.29 is 19.0 Å². The molecular formula is C32H40FN3O4. The number of ether oxygens (including phenoxy) is 1. The fourth-order valence-corrected chi connectivity index (χ4v) is 5.59. The molecule has 214 valence electrons. The van der Waals surface area contributed by atoms with Gasteiger partial charge in [0.25, 0.3) is 5.56 Å². The highest BCUT2D eigenvalue weighted by molar-refractivity contribution is 5.82. The summed E-state index contributed by atoms with van der Waals surface area (Å²) < 4.78 is 22.0. The van der Waals surface area contributed by atoms with Crippen molar-refractivity contribution in [1.29, 1.82) is 0 Å². The van der Waals surface area contributed by atoms with Gasteiger partial charge in [-0.25, -0.2) is 4.39 Å². The molecule has 4 rings (SSSR count). The van der Waals surface area contributed by atoms with Gasteiger partial charge in [0.1, 0.15) is 17.3 Å². The van der Waals surface area contributed by atoms with Crippen molar-refractivity contribution in [2.75, 3.05) is 11.9 Å². The van der Waals surface area contributed by atoms with E-state index in [0.29, 0.717) is 33.8 Å². The molecule has 7 nitrogen and oxygen atoms in total. The summed E-state index contributed by atoms with van der Waals surface area (Å²) in [5.74, 6) is 0.759. The molecule has 1 aliphatic rings. The molecule has 1 amide bonds. The molecule has 40 heavy (non-hydrogen) atoms. The van der Waals surface area contributed by atoms with Gasteiger partial charge in [-0.05, 0) is 94.3 Å². The predicted octanol–water partition coefficient (Wildman–Crippen LogP) is 5.71. The van der Waals surface area contributed by atoms with Gasteiger partial charge in [-0.2, -0.15) is 0 Å². The van der Waals surface area contributed by atoms with Crippen molar-refractivity contribution in [2.45, 2.75) is 78.0 Å². The molecule has 0 unspecified atom stereocenters. The fraction of sp³-hybridized carbons (Fsp3) is 0.438. The molecular weight excluding hydrogens is 509 g/mol. The molecule has 0 atom stereocenters. The quantitative estimate of drug-likeness (QED) is 0.394. The summed E-state index contributed by atoms with van der Waals surface area (Å²) in [5, 5.41) is 13.9. The van der Waals surface area contributed by atoms with Gasteiger partial charge in [-0.3, -0.25) is 9.59 Å². The average Bonchev–Trinajstić information content (AvgIpc) is 2.86. The van der Waals surface area contributed by atoms with E-state index in [4.69, 9.17) is 4.74 Å². The summed E-state index contributed by atoms with van der Waals surface area (Å²) in [6.45, 7) is 8.60. The number of aryl methyl sites for hydroxylation is 3. The van der Waals surface area contributed by atoms with Gasteiger partial charge in [0.2, 0.25) is 5.91 Å². The number of carbonyl (C=O) groups excluding carboxylic acids is 1. The van der Waals surface area contributed by atoms with E-state index in [1.165, 1.54) is 16.7 Å². The molecule has 1 aromatic heterocycles. The third-order valence-electron chi connectivity index (χ3n) is 7.85. The minimum atomic E-state index is -1.11. The average molecular weight is 550 g/mol. The highest BCUT2D eigenvalue weighted by Gasteiger charge is 2.28. The van der Waals surface area contributed by atoms with Crippen molar-refractivity contribution in [1.82, 2.24) is 9.88 Å². The van der Waals surface area contributed by atoms with Crippen molar-refractivity contribution in [3.63, 3.8) is 0 Å². The van der Waals surface area contributed by atoms with Crippen molar-refractivity contribution in [3.05, 3.63) is 75.5 Å². The Kier molecular flexibility index (Phi) is 8.40. The van der Waals surface area contributed by atoms with Crippen LogP contribution in [0, 0.1) is 19.7 Å². The molecule has 0 saturated heterocycles. The van der Waals surface area contributed by atoms with Crippen LogP contribution in [0.1, 0.15) is 63.1 Å². The van der Waals surface area contributed by atoms with Crippen LogP contribution in [-0.2, 0) is 17.4 Å². The number of anilines is 1. The van der Waals surface area contributed by atoms with Crippen LogP contribution >= 0.6 is 0 Å². The summed E-state index contributed by atoms with van der Waals surface area (Å²) in [6.07, 6.45) is 5.27. The van der Waals surface area contributed by atoms with Gasteiger partial charge < -0.3 is 24.6 Å². The second kappa shape index (κ2) is 11.5. The number of amides is 1. The fourth-order valence-electron chi connectivity index (χ4n) is 5.59. The molecule has 1 fully saturated rings. The second-order valence-electron chi connectivity index (χ2n) is 11.6. The molecule has 1 saturated carbocycles. The lowest BCUT2D eigenvalue weighted by Gasteiger charge is -2.37. The van der Waals surface area contributed by atoms with Crippen LogP contribution in [0.2, 0.25) is 0 Å². The summed E-state index contributed by atoms with van der Waals surface area (Å²) in [6, 6.07) is 10.4. The zero-order valence-electron chi connectivity index (χ0n) is 24.5. The Balaban J connectivity index is 1.82. The Morgan fingerprint density at radius 3 is 2.27 bits per heavy atom. The lowest BCUT2D eigenvalue weighted by atomic mass is 9.89. The maximum Gasteiger partial charge on any atom is 0.252 e. The number of aliphatic hydroxyl groups is 1. The highest BCUT2D eigenvalue weighted by Crippen LogP contribution is 2.42. The molecule has 0 radical (unpaired) electrons. The first-order valence-corrected chi connectivity index (χ1v) is 13.8. The summed E-state index contributed by atoms with van der Waals surface area (Å²) in [5.41, 5.74) is 3.05. The minimum Gasteiger partial charge on any atom is -0.456 e. The van der Waals surface area contributed by atoms with E-state index in [2.05, 4.69) is 10.2 Å². The van der Waals surface area contributed by atoms with Crippen molar-refractivity contribution >= 4 is 11.6 Å². The van der Waals surface area contributed by atoms with Crippen LogP contribution in [0.5, 0.6) is 11.5 Å². The number of nitrogens with zero attached hydrogens (tertiary/aromatic N) is 2. The first kappa shape index (κ1) is 29.3. The van der Waals surface area contributed by atoms with Crippen LogP contribution in [0.4, 0.5) is 10.1 Å². The van der Waals surface area contributed by atoms with Crippen LogP contribution in [0.3, 0.4) is 0 Å². The molecule has 2 N–H and O–H groups in total. The Hall–Kier alpha value is -3.65. The van der Waals surface area contributed by atoms with Crippen LogP contribution in [0.15, 0.2) is 47.4 Å². The van der Waals surface area contributed by atoms with E-state index in [1.54, 1.807) is 53.9 Å². The lowest BCUT2D eigenvalue weighted by molar-refractivity contribution is -0.119. The van der Waals surface area contributed by atoms with E-state index < -0.39 is 5.60 Å². The number of rotatable bonds is 7. The molecule has 3 aromatic rings. The Morgan fingerprint density at radius 2 is 1.70 bits per heavy atom. The monoisotopic (exact) mass is 549 g/mol. The van der Waals surface area contributed by atoms with Crippen molar-refractivity contribution in [3.8, 4) is 22.6 Å². The number of aromatic nitrogens is 1. The molecule has 0 spiro atoms. The summed E-state index contributed by atoms with van der Waals surface area (Å²) >= 11 is 0. The van der Waals surface area contributed by atoms with Crippen molar-refractivity contribution in [2.24, 2.45) is 7.05 Å². The van der Waals surface area contributed by atoms with E-state index in [-0.39, 0.29) is 29.4 Å². The number of pyridine rings is 1. The number of carbonyl (C=O) groups is 1. The Morgan fingerprint density at radius 1 is 1.07 bits per heavy atom. The number of benzene rings is 2. The van der Waals surface area contributed by atoms with Gasteiger partial charge in [-0.15, -0.1) is 0 Å². The van der Waals surface area contributed by atoms with Crippen LogP contribution in [-0.4, -0.2) is 34.7 Å². The third-order valence-corrected chi connectivity index (χ3v) is 7.85. The van der Waals surface area contributed by atoms with Gasteiger partial charge in [0.15, 0.2) is 0 Å². The number of hydrogen-bond donors (Lipinski definition) is 2. The highest BCUT2D eigenvalue weighted by atomic mass is 19.1. The van der Waals surface area contributed by atoms with E-state index in [9.17, 15) is 19.1 Å². The maximum atomic E-state index is 14.0. The van der Waals surface area contributed by atoms with Gasteiger partial charge >= 0.3 is 0 Å².